The minimum absolute atomic E-state index is 0.187. The normalized spacial score (nSPS) is 19.9. The lowest BCUT2D eigenvalue weighted by Crippen LogP contribution is -2.47. The third kappa shape index (κ3) is 2.70. The van der Waals surface area contributed by atoms with Gasteiger partial charge in [-0.2, -0.15) is 0 Å². The van der Waals surface area contributed by atoms with Crippen molar-refractivity contribution in [2.45, 2.75) is 25.8 Å². The number of aryl methyl sites for hydroxylation is 1. The fourth-order valence-corrected chi connectivity index (χ4v) is 2.37. The Labute approximate surface area is 107 Å². The third-order valence-electron chi connectivity index (χ3n) is 3.47. The fourth-order valence-electron chi connectivity index (χ4n) is 2.37. The van der Waals surface area contributed by atoms with Gasteiger partial charge >= 0.3 is 0 Å². The molecule has 1 N–H and O–H groups in total. The molecule has 1 aromatic carbocycles. The minimum Gasteiger partial charge on any atom is -0.337 e. The highest BCUT2D eigenvalue weighted by molar-refractivity contribution is 5.94. The van der Waals surface area contributed by atoms with Gasteiger partial charge in [0.05, 0.1) is 5.56 Å². The lowest BCUT2D eigenvalue weighted by atomic mass is 10.0. The molecule has 1 fully saturated rings. The van der Waals surface area contributed by atoms with Gasteiger partial charge in [-0.3, -0.25) is 4.79 Å². The summed E-state index contributed by atoms with van der Waals surface area (Å²) in [7, 11) is 1.89. The first-order valence-corrected chi connectivity index (χ1v) is 6.34. The number of hydrogen-bond acceptors (Lipinski definition) is 2. The maximum Gasteiger partial charge on any atom is 0.256 e. The van der Waals surface area contributed by atoms with Gasteiger partial charge in [0.15, 0.2) is 0 Å². The van der Waals surface area contributed by atoms with Crippen LogP contribution in [0.1, 0.15) is 28.8 Å². The topological polar surface area (TPSA) is 32.3 Å². The molecule has 98 valence electrons. The number of carbonyl (C=O) groups is 1. The highest BCUT2D eigenvalue weighted by Gasteiger charge is 2.25. The van der Waals surface area contributed by atoms with Gasteiger partial charge in [0.25, 0.3) is 5.91 Å². The van der Waals surface area contributed by atoms with Crippen LogP contribution in [0.2, 0.25) is 0 Å². The molecule has 1 heterocycles. The maximum atomic E-state index is 13.7. The third-order valence-corrected chi connectivity index (χ3v) is 3.47. The van der Waals surface area contributed by atoms with Crippen molar-refractivity contribution in [3.05, 3.63) is 35.1 Å². The standard InChI is InChI=1S/C14H19FN2O/c1-10-5-6-13(15)12(8-10)14(18)17-7-3-4-11(9-17)16-2/h5-6,8,11,16H,3-4,7,9H2,1-2H3. The molecule has 1 atom stereocenters. The van der Waals surface area contributed by atoms with Crippen LogP contribution in [0.3, 0.4) is 0 Å². The number of rotatable bonds is 2. The average Bonchev–Trinajstić information content (AvgIpc) is 2.41. The van der Waals surface area contributed by atoms with E-state index in [-0.39, 0.29) is 11.5 Å². The van der Waals surface area contributed by atoms with Crippen LogP contribution in [0.4, 0.5) is 4.39 Å². The monoisotopic (exact) mass is 250 g/mol. The second-order valence-electron chi connectivity index (χ2n) is 4.86. The minimum atomic E-state index is -0.433. The van der Waals surface area contributed by atoms with Gasteiger partial charge in [-0.25, -0.2) is 4.39 Å². The molecular formula is C14H19FN2O. The van der Waals surface area contributed by atoms with Crippen molar-refractivity contribution < 1.29 is 9.18 Å². The first-order valence-electron chi connectivity index (χ1n) is 6.34. The van der Waals surface area contributed by atoms with E-state index in [1.54, 1.807) is 17.0 Å². The lowest BCUT2D eigenvalue weighted by Gasteiger charge is -2.32. The summed E-state index contributed by atoms with van der Waals surface area (Å²) in [5.41, 5.74) is 1.09. The van der Waals surface area contributed by atoms with Gasteiger partial charge in [0.2, 0.25) is 0 Å². The zero-order chi connectivity index (χ0) is 13.1. The van der Waals surface area contributed by atoms with Crippen LogP contribution in [-0.2, 0) is 0 Å². The Bertz CT molecular complexity index is 447. The van der Waals surface area contributed by atoms with Crippen LogP contribution in [0.5, 0.6) is 0 Å². The molecule has 2 rings (SSSR count). The first-order chi connectivity index (χ1) is 8.61. The number of benzene rings is 1. The Morgan fingerprint density at radius 2 is 2.28 bits per heavy atom. The summed E-state index contributed by atoms with van der Waals surface area (Å²) in [6.45, 7) is 3.23. The van der Waals surface area contributed by atoms with Gasteiger partial charge in [-0.15, -0.1) is 0 Å². The summed E-state index contributed by atoms with van der Waals surface area (Å²) in [6, 6.07) is 4.98. The molecule has 0 spiro atoms. The molecule has 0 bridgehead atoms. The van der Waals surface area contributed by atoms with Gasteiger partial charge in [-0.1, -0.05) is 11.6 Å². The van der Waals surface area contributed by atoms with Crippen LogP contribution >= 0.6 is 0 Å². The molecule has 0 saturated carbocycles. The number of carbonyl (C=O) groups excluding carboxylic acids is 1. The molecular weight excluding hydrogens is 231 g/mol. The highest BCUT2D eigenvalue weighted by Crippen LogP contribution is 2.17. The Kier molecular flexibility index (Phi) is 3.97. The summed E-state index contributed by atoms with van der Waals surface area (Å²) < 4.78 is 13.7. The Balaban J connectivity index is 2.17. The molecule has 0 aromatic heterocycles. The van der Waals surface area contributed by atoms with E-state index in [4.69, 9.17) is 0 Å². The molecule has 1 unspecified atom stereocenters. The number of halogens is 1. The van der Waals surface area contributed by atoms with Crippen molar-refractivity contribution in [2.24, 2.45) is 0 Å². The van der Waals surface area contributed by atoms with E-state index >= 15 is 0 Å². The number of piperidine rings is 1. The van der Waals surface area contributed by atoms with Crippen LogP contribution < -0.4 is 5.32 Å². The number of amides is 1. The highest BCUT2D eigenvalue weighted by atomic mass is 19.1. The molecule has 1 amide bonds. The SMILES string of the molecule is CNC1CCCN(C(=O)c2cc(C)ccc2F)C1. The van der Waals surface area contributed by atoms with Gasteiger partial charge < -0.3 is 10.2 Å². The van der Waals surface area contributed by atoms with Gasteiger partial charge in [0.1, 0.15) is 5.82 Å². The van der Waals surface area contributed by atoms with E-state index in [2.05, 4.69) is 5.32 Å². The summed E-state index contributed by atoms with van der Waals surface area (Å²) in [5.74, 6) is -0.631. The Morgan fingerprint density at radius 1 is 1.50 bits per heavy atom. The zero-order valence-electron chi connectivity index (χ0n) is 10.9. The van der Waals surface area contributed by atoms with Gasteiger partial charge in [0, 0.05) is 19.1 Å². The van der Waals surface area contributed by atoms with E-state index in [0.717, 1.165) is 18.4 Å². The van der Waals surface area contributed by atoms with Crippen molar-refractivity contribution in [1.29, 1.82) is 0 Å². The molecule has 3 nitrogen and oxygen atoms in total. The van der Waals surface area contributed by atoms with E-state index in [1.807, 2.05) is 14.0 Å². The zero-order valence-corrected chi connectivity index (χ0v) is 10.9. The average molecular weight is 250 g/mol. The molecule has 1 aromatic rings. The summed E-state index contributed by atoms with van der Waals surface area (Å²) in [5, 5.41) is 3.18. The first kappa shape index (κ1) is 13.0. The number of nitrogens with one attached hydrogen (secondary N) is 1. The van der Waals surface area contributed by atoms with Gasteiger partial charge in [-0.05, 0) is 38.9 Å². The molecule has 0 aliphatic carbocycles. The van der Waals surface area contributed by atoms with E-state index in [9.17, 15) is 9.18 Å². The van der Waals surface area contributed by atoms with Crippen molar-refractivity contribution in [3.8, 4) is 0 Å². The Morgan fingerprint density at radius 3 is 3.00 bits per heavy atom. The molecule has 1 saturated heterocycles. The predicted molar refractivity (Wildman–Crippen MR) is 69.1 cm³/mol. The fraction of sp³-hybridized carbons (Fsp3) is 0.500. The second-order valence-corrected chi connectivity index (χ2v) is 4.86. The van der Waals surface area contributed by atoms with Crippen LogP contribution in [-0.4, -0.2) is 37.0 Å². The molecule has 18 heavy (non-hydrogen) atoms. The predicted octanol–water partition coefficient (Wildman–Crippen LogP) is 1.96. The number of likely N-dealkylation sites (N-methyl/N-ethyl adjacent to an activating group) is 1. The molecule has 1 aliphatic heterocycles. The summed E-state index contributed by atoms with van der Waals surface area (Å²) in [6.07, 6.45) is 2.03. The van der Waals surface area contributed by atoms with Crippen molar-refractivity contribution in [3.63, 3.8) is 0 Å². The van der Waals surface area contributed by atoms with E-state index in [0.29, 0.717) is 19.1 Å². The van der Waals surface area contributed by atoms with Crippen LogP contribution in [0.25, 0.3) is 0 Å². The van der Waals surface area contributed by atoms with Crippen molar-refractivity contribution in [2.75, 3.05) is 20.1 Å². The second kappa shape index (κ2) is 5.48. The molecule has 4 heteroatoms. The quantitative estimate of drug-likeness (QED) is 0.870. The lowest BCUT2D eigenvalue weighted by molar-refractivity contribution is 0.0693. The van der Waals surface area contributed by atoms with Crippen molar-refractivity contribution >= 4 is 5.91 Å². The van der Waals surface area contributed by atoms with E-state index in [1.165, 1.54) is 6.07 Å². The smallest absolute Gasteiger partial charge is 0.256 e. The molecule has 0 radical (unpaired) electrons. The number of hydrogen-bond donors (Lipinski definition) is 1. The van der Waals surface area contributed by atoms with E-state index < -0.39 is 5.82 Å². The number of nitrogens with zero attached hydrogens (tertiary/aromatic N) is 1. The number of likely N-dealkylation sites (tertiary alicyclic amines) is 1. The van der Waals surface area contributed by atoms with Crippen molar-refractivity contribution in [1.82, 2.24) is 10.2 Å². The maximum absolute atomic E-state index is 13.7. The van der Waals surface area contributed by atoms with Crippen LogP contribution in [0, 0.1) is 12.7 Å². The Hall–Kier alpha value is -1.42. The molecule has 1 aliphatic rings. The van der Waals surface area contributed by atoms with Crippen LogP contribution in [0.15, 0.2) is 18.2 Å². The summed E-state index contributed by atoms with van der Waals surface area (Å²) in [4.78, 5) is 14.0. The largest absolute Gasteiger partial charge is 0.337 e. The summed E-state index contributed by atoms with van der Waals surface area (Å²) >= 11 is 0.